The van der Waals surface area contributed by atoms with Crippen LogP contribution in [-0.4, -0.2) is 32.0 Å². The summed E-state index contributed by atoms with van der Waals surface area (Å²) in [6, 6.07) is 6.50. The molecule has 0 aromatic heterocycles. The molecule has 0 aliphatic rings. The van der Waals surface area contributed by atoms with Crippen LogP contribution in [0.5, 0.6) is 5.75 Å². The van der Waals surface area contributed by atoms with Gasteiger partial charge < -0.3 is 9.64 Å². The molecule has 0 saturated heterocycles. The maximum absolute atomic E-state index is 5.83. The number of benzene rings is 1. The predicted molar refractivity (Wildman–Crippen MR) is 72.5 cm³/mol. The molecule has 1 aromatic rings. The van der Waals surface area contributed by atoms with Crippen molar-refractivity contribution in [2.45, 2.75) is 12.5 Å². The van der Waals surface area contributed by atoms with E-state index in [0.29, 0.717) is 11.9 Å². The molecule has 0 N–H and O–H groups in total. The summed E-state index contributed by atoms with van der Waals surface area (Å²) in [5.41, 5.74) is 1.25. The lowest BCUT2D eigenvalue weighted by Gasteiger charge is -2.24. The van der Waals surface area contributed by atoms with Crippen LogP contribution in [0.1, 0.15) is 18.0 Å². The first-order chi connectivity index (χ1) is 7.60. The van der Waals surface area contributed by atoms with Gasteiger partial charge in [-0.1, -0.05) is 6.07 Å². The highest BCUT2D eigenvalue weighted by molar-refractivity contribution is 9.10. The largest absolute Gasteiger partial charge is 0.496 e. The summed E-state index contributed by atoms with van der Waals surface area (Å²) in [6.45, 7) is 0. The smallest absolute Gasteiger partial charge is 0.133 e. The van der Waals surface area contributed by atoms with E-state index in [1.165, 1.54) is 5.56 Å². The summed E-state index contributed by atoms with van der Waals surface area (Å²) in [5, 5.41) is 0. The van der Waals surface area contributed by atoms with Crippen molar-refractivity contribution in [2.75, 3.05) is 27.1 Å². The Labute approximate surface area is 111 Å². The minimum Gasteiger partial charge on any atom is -0.496 e. The second-order valence-corrected chi connectivity index (χ2v) is 5.08. The van der Waals surface area contributed by atoms with Crippen molar-refractivity contribution < 1.29 is 4.74 Å². The molecule has 0 fully saturated rings. The van der Waals surface area contributed by atoms with Gasteiger partial charge in [0, 0.05) is 11.9 Å². The quantitative estimate of drug-likeness (QED) is 0.769. The fourth-order valence-electron chi connectivity index (χ4n) is 1.72. The number of methoxy groups -OCH3 is 1. The summed E-state index contributed by atoms with van der Waals surface area (Å²) >= 11 is 9.32. The average Bonchev–Trinajstić information content (AvgIpc) is 2.25. The summed E-state index contributed by atoms with van der Waals surface area (Å²) < 4.78 is 6.19. The molecule has 0 heterocycles. The van der Waals surface area contributed by atoms with Gasteiger partial charge in [-0.05, 0) is 54.1 Å². The molecule has 0 saturated carbocycles. The Morgan fingerprint density at radius 2 is 2.12 bits per heavy atom. The van der Waals surface area contributed by atoms with Gasteiger partial charge in [-0.2, -0.15) is 0 Å². The zero-order valence-electron chi connectivity index (χ0n) is 9.84. The fourth-order valence-corrected chi connectivity index (χ4v) is 2.48. The lowest BCUT2D eigenvalue weighted by atomic mass is 10.0. The molecule has 1 atom stereocenters. The highest BCUT2D eigenvalue weighted by atomic mass is 79.9. The summed E-state index contributed by atoms with van der Waals surface area (Å²) in [4.78, 5) is 2.18. The molecule has 1 rings (SSSR count). The minimum atomic E-state index is 0.347. The molecular weight excluding hydrogens is 289 g/mol. The Hall–Kier alpha value is -0.250. The molecule has 4 heteroatoms. The van der Waals surface area contributed by atoms with Crippen molar-refractivity contribution in [1.82, 2.24) is 4.90 Å². The van der Waals surface area contributed by atoms with Crippen molar-refractivity contribution >= 4 is 27.5 Å². The lowest BCUT2D eigenvalue weighted by molar-refractivity contribution is 0.292. The average molecular weight is 307 g/mol. The topological polar surface area (TPSA) is 12.5 Å². The van der Waals surface area contributed by atoms with Crippen LogP contribution >= 0.6 is 27.5 Å². The Morgan fingerprint density at radius 3 is 2.56 bits per heavy atom. The zero-order valence-corrected chi connectivity index (χ0v) is 12.2. The monoisotopic (exact) mass is 305 g/mol. The van der Waals surface area contributed by atoms with Crippen molar-refractivity contribution in [3.63, 3.8) is 0 Å². The molecular formula is C12H17BrClNO. The Balaban J connectivity index is 2.97. The highest BCUT2D eigenvalue weighted by Gasteiger charge is 2.14. The van der Waals surface area contributed by atoms with Gasteiger partial charge >= 0.3 is 0 Å². The lowest BCUT2D eigenvalue weighted by Crippen LogP contribution is -2.20. The Morgan fingerprint density at radius 1 is 1.44 bits per heavy atom. The van der Waals surface area contributed by atoms with E-state index in [9.17, 15) is 0 Å². The van der Waals surface area contributed by atoms with Crippen LogP contribution in [-0.2, 0) is 0 Å². The summed E-state index contributed by atoms with van der Waals surface area (Å²) in [5.74, 6) is 1.51. The van der Waals surface area contributed by atoms with Crippen molar-refractivity contribution in [3.8, 4) is 5.75 Å². The maximum atomic E-state index is 5.83. The zero-order chi connectivity index (χ0) is 12.1. The van der Waals surface area contributed by atoms with Crippen molar-refractivity contribution in [1.29, 1.82) is 0 Å². The Kier molecular flexibility index (Phi) is 5.59. The molecule has 2 nitrogen and oxygen atoms in total. The van der Waals surface area contributed by atoms with Crippen LogP contribution in [0, 0.1) is 0 Å². The summed E-state index contributed by atoms with van der Waals surface area (Å²) in [7, 11) is 5.80. The highest BCUT2D eigenvalue weighted by Crippen LogP contribution is 2.30. The normalized spacial score (nSPS) is 12.9. The Bertz CT molecular complexity index is 344. The summed E-state index contributed by atoms with van der Waals surface area (Å²) in [6.07, 6.45) is 0.938. The minimum absolute atomic E-state index is 0.347. The standard InChI is InChI=1S/C12H17BrClNO/c1-15(2)11(6-7-14)9-4-5-12(16-3)10(13)8-9/h4-5,8,11H,6-7H2,1-3H3. The van der Waals surface area contributed by atoms with Gasteiger partial charge in [0.25, 0.3) is 0 Å². The van der Waals surface area contributed by atoms with Gasteiger partial charge in [0.2, 0.25) is 0 Å². The van der Waals surface area contributed by atoms with E-state index >= 15 is 0 Å². The van der Waals surface area contributed by atoms with Crippen LogP contribution in [0.4, 0.5) is 0 Å². The van der Waals surface area contributed by atoms with Crippen LogP contribution < -0.4 is 4.74 Å². The van der Waals surface area contributed by atoms with Gasteiger partial charge in [-0.3, -0.25) is 0 Å². The third kappa shape index (κ3) is 3.37. The second kappa shape index (κ2) is 6.48. The number of alkyl halides is 1. The van der Waals surface area contributed by atoms with E-state index in [1.54, 1.807) is 7.11 Å². The van der Waals surface area contributed by atoms with Crippen LogP contribution in [0.15, 0.2) is 22.7 Å². The number of halogens is 2. The molecule has 0 aliphatic carbocycles. The maximum Gasteiger partial charge on any atom is 0.133 e. The molecule has 90 valence electrons. The van der Waals surface area contributed by atoms with E-state index in [2.05, 4.69) is 47.1 Å². The molecule has 1 aromatic carbocycles. The molecule has 0 aliphatic heterocycles. The van der Waals surface area contributed by atoms with Gasteiger partial charge in [0.1, 0.15) is 5.75 Å². The van der Waals surface area contributed by atoms with E-state index in [0.717, 1.165) is 16.6 Å². The number of ether oxygens (including phenoxy) is 1. The first-order valence-electron chi connectivity index (χ1n) is 5.16. The first kappa shape index (κ1) is 13.8. The number of hydrogen-bond acceptors (Lipinski definition) is 2. The van der Waals surface area contributed by atoms with Crippen LogP contribution in [0.2, 0.25) is 0 Å². The van der Waals surface area contributed by atoms with Crippen LogP contribution in [0.25, 0.3) is 0 Å². The van der Waals surface area contributed by atoms with E-state index < -0.39 is 0 Å². The SMILES string of the molecule is COc1ccc(C(CCCl)N(C)C)cc1Br. The van der Waals surface area contributed by atoms with Gasteiger partial charge in [-0.15, -0.1) is 11.6 Å². The van der Waals surface area contributed by atoms with E-state index in [4.69, 9.17) is 16.3 Å². The third-order valence-corrected chi connectivity index (χ3v) is 3.40. The number of nitrogens with zero attached hydrogens (tertiary/aromatic N) is 1. The van der Waals surface area contributed by atoms with Crippen molar-refractivity contribution in [2.24, 2.45) is 0 Å². The molecule has 0 bridgehead atoms. The first-order valence-corrected chi connectivity index (χ1v) is 6.48. The van der Waals surface area contributed by atoms with E-state index in [1.807, 2.05) is 6.07 Å². The molecule has 0 amide bonds. The second-order valence-electron chi connectivity index (χ2n) is 3.85. The predicted octanol–water partition coefficient (Wildman–Crippen LogP) is 3.69. The molecule has 16 heavy (non-hydrogen) atoms. The number of rotatable bonds is 5. The fraction of sp³-hybridized carbons (Fsp3) is 0.500. The number of hydrogen-bond donors (Lipinski definition) is 0. The third-order valence-electron chi connectivity index (χ3n) is 2.57. The van der Waals surface area contributed by atoms with Crippen molar-refractivity contribution in [3.05, 3.63) is 28.2 Å². The van der Waals surface area contributed by atoms with E-state index in [-0.39, 0.29) is 0 Å². The van der Waals surface area contributed by atoms with Gasteiger partial charge in [-0.25, -0.2) is 0 Å². The molecule has 1 unspecified atom stereocenters. The molecule has 0 spiro atoms. The van der Waals surface area contributed by atoms with Gasteiger partial charge in [0.15, 0.2) is 0 Å². The molecule has 0 radical (unpaired) electrons. The van der Waals surface area contributed by atoms with Crippen LogP contribution in [0.3, 0.4) is 0 Å². The van der Waals surface area contributed by atoms with Gasteiger partial charge in [0.05, 0.1) is 11.6 Å².